The summed E-state index contributed by atoms with van der Waals surface area (Å²) in [6, 6.07) is 0. The third-order valence-corrected chi connectivity index (χ3v) is 17.3. The van der Waals surface area contributed by atoms with Crippen LogP contribution in [-0.4, -0.2) is 164 Å². The fourth-order valence-electron chi connectivity index (χ4n) is 13.5. The molecule has 5 heterocycles. The van der Waals surface area contributed by atoms with Crippen LogP contribution < -0.4 is 5.32 Å². The molecule has 1 spiro atoms. The van der Waals surface area contributed by atoms with Crippen LogP contribution in [0.2, 0.25) is 0 Å². The molecule has 9 rings (SSSR count). The molecule has 3 saturated carbocycles. The van der Waals surface area contributed by atoms with E-state index in [1.165, 1.54) is 38.7 Å². The molecular formula is C44H71NO15. The van der Waals surface area contributed by atoms with Gasteiger partial charge in [0, 0.05) is 6.54 Å². The van der Waals surface area contributed by atoms with Crippen LogP contribution in [0.1, 0.15) is 98.8 Å². The summed E-state index contributed by atoms with van der Waals surface area (Å²) >= 11 is 0. The molecule has 16 heteroatoms. The number of nitrogens with one attached hydrogen (secondary N) is 1. The lowest BCUT2D eigenvalue weighted by Crippen LogP contribution is -2.66. The van der Waals surface area contributed by atoms with E-state index in [2.05, 4.69) is 32.2 Å². The number of piperidine rings is 1. The van der Waals surface area contributed by atoms with Crippen molar-refractivity contribution in [2.75, 3.05) is 13.2 Å². The standard InChI is InChI=1S/C44H71NO15/c1-19-8-13-44(45-17-19)16-27-28(60-44)15-26-24-7-6-22-14-23(9-11-42(22,4)25(24)10-12-43(26,27)5)56-41-38(59-40-35(52)33(50)31(48)21(3)55-40)36(53)37(29(18-46)57-41)58-39-34(51)32(49)30(47)20(2)54-39/h6,19-21,23-41,45-53H,7-18H2,1-5H3/t19-,20+,21+,23+,24-,25+,26+,27+,28+,29-,30+,31+,32-,33-,34-,35-,36+,37-,38-,39+,40+,41-,42+,43+,44-/m1/s1. The second kappa shape index (κ2) is 16.5. The van der Waals surface area contributed by atoms with Gasteiger partial charge in [-0.25, -0.2) is 0 Å². The summed E-state index contributed by atoms with van der Waals surface area (Å²) in [5.41, 5.74) is 1.49. The monoisotopic (exact) mass is 853 g/mol. The van der Waals surface area contributed by atoms with E-state index >= 15 is 0 Å². The molecule has 0 unspecified atom stereocenters. The first-order valence-electron chi connectivity index (χ1n) is 22.9. The number of allylic oxidation sites excluding steroid dienone is 1. The Morgan fingerprint density at radius 2 is 1.37 bits per heavy atom. The van der Waals surface area contributed by atoms with Crippen molar-refractivity contribution in [2.24, 2.45) is 40.4 Å². The van der Waals surface area contributed by atoms with Crippen molar-refractivity contribution in [1.29, 1.82) is 0 Å². The maximum atomic E-state index is 12.0. The van der Waals surface area contributed by atoms with Crippen LogP contribution in [0.25, 0.3) is 0 Å². The van der Waals surface area contributed by atoms with E-state index < -0.39 is 98.7 Å². The van der Waals surface area contributed by atoms with Gasteiger partial charge in [0.1, 0.15) is 66.8 Å². The lowest BCUT2D eigenvalue weighted by Gasteiger charge is -2.58. The molecule has 0 aromatic carbocycles. The molecule has 9 aliphatic rings. The van der Waals surface area contributed by atoms with E-state index in [0.29, 0.717) is 48.5 Å². The maximum Gasteiger partial charge on any atom is 0.187 e. The molecular weight excluding hydrogens is 782 g/mol. The molecule has 5 aliphatic heterocycles. The van der Waals surface area contributed by atoms with E-state index in [0.717, 1.165) is 38.6 Å². The van der Waals surface area contributed by atoms with Gasteiger partial charge in [0.2, 0.25) is 0 Å². The van der Waals surface area contributed by atoms with Crippen LogP contribution in [0, 0.1) is 40.4 Å². The number of hydrogen-bond donors (Lipinski definition) is 9. The lowest BCUT2D eigenvalue weighted by atomic mass is 9.47. The van der Waals surface area contributed by atoms with E-state index in [4.69, 9.17) is 33.2 Å². The van der Waals surface area contributed by atoms with Crippen LogP contribution in [0.4, 0.5) is 0 Å². The molecule has 8 fully saturated rings. The van der Waals surface area contributed by atoms with Gasteiger partial charge in [0.15, 0.2) is 18.9 Å². The summed E-state index contributed by atoms with van der Waals surface area (Å²) in [5.74, 6) is 3.03. The van der Waals surface area contributed by atoms with E-state index in [9.17, 15) is 40.9 Å². The Bertz CT molecular complexity index is 1560. The minimum absolute atomic E-state index is 0.00360. The first-order chi connectivity index (χ1) is 28.5. The predicted octanol–water partition coefficient (Wildman–Crippen LogP) is 0.569. The highest BCUT2D eigenvalue weighted by Crippen LogP contribution is 2.69. The second-order valence-electron chi connectivity index (χ2n) is 20.8. The van der Waals surface area contributed by atoms with Gasteiger partial charge in [-0.1, -0.05) is 32.4 Å². The molecule has 0 aromatic heterocycles. The maximum absolute atomic E-state index is 12.0. The SMILES string of the molecule is C[C@@H]1CC[C@@]2(C[C@H]3[C@H](C[C@H]4[C@@H]5CC=C6C[C@@H](O[C@@H]7O[C@H](CO)[C@@H](O[C@@H]8O[C@@H](C)[C@H](O)[C@@H](O)[C@H]8O)[C@H](O)[C@H]7O[C@@H]7O[C@@H](C)[C@H](O)[C@@H](O)[C@H]7O)CC[C@]6(C)[C@H]5CC[C@@]43C)O2)NC1. The Labute approximate surface area is 352 Å². The van der Waals surface area contributed by atoms with Gasteiger partial charge in [-0.2, -0.15) is 0 Å². The molecule has 0 radical (unpaired) electrons. The number of hydrogen-bond acceptors (Lipinski definition) is 16. The number of aliphatic hydroxyl groups excluding tert-OH is 8. The van der Waals surface area contributed by atoms with E-state index in [1.54, 1.807) is 0 Å². The van der Waals surface area contributed by atoms with Crippen molar-refractivity contribution in [3.8, 4) is 0 Å². The molecule has 4 aliphatic carbocycles. The number of fused-ring (bicyclic) bond motifs is 7. The zero-order valence-electron chi connectivity index (χ0n) is 35.7. The van der Waals surface area contributed by atoms with Gasteiger partial charge in [0.25, 0.3) is 0 Å². The Balaban J connectivity index is 0.911. The van der Waals surface area contributed by atoms with Crippen LogP contribution in [0.15, 0.2) is 11.6 Å². The fourth-order valence-corrected chi connectivity index (χ4v) is 13.5. The normalized spacial score (nSPS) is 57.9. The summed E-state index contributed by atoms with van der Waals surface area (Å²) in [6.07, 6.45) is -8.70. The fraction of sp³-hybridized carbons (Fsp3) is 0.955. The smallest absolute Gasteiger partial charge is 0.187 e. The Hall–Kier alpha value is -0.900. The summed E-state index contributed by atoms with van der Waals surface area (Å²) < 4.78 is 43.6. The van der Waals surface area contributed by atoms with Crippen molar-refractivity contribution in [3.63, 3.8) is 0 Å². The summed E-state index contributed by atoms with van der Waals surface area (Å²) in [4.78, 5) is 0. The van der Waals surface area contributed by atoms with E-state index in [-0.39, 0.29) is 22.7 Å². The van der Waals surface area contributed by atoms with Gasteiger partial charge in [-0.3, -0.25) is 5.32 Å². The van der Waals surface area contributed by atoms with Gasteiger partial charge in [-0.05, 0) is 118 Å². The average molecular weight is 854 g/mol. The minimum Gasteiger partial charge on any atom is -0.394 e. The third-order valence-electron chi connectivity index (χ3n) is 17.3. The number of ether oxygens (including phenoxy) is 7. The van der Waals surface area contributed by atoms with Gasteiger partial charge in [0.05, 0.1) is 31.0 Å². The molecule has 342 valence electrons. The topological polar surface area (TPSA) is 238 Å². The lowest BCUT2D eigenvalue weighted by molar-refractivity contribution is -0.388. The minimum atomic E-state index is -1.70. The van der Waals surface area contributed by atoms with Crippen LogP contribution >= 0.6 is 0 Å². The molecule has 16 nitrogen and oxygen atoms in total. The molecule has 5 saturated heterocycles. The Morgan fingerprint density at radius 1 is 0.700 bits per heavy atom. The number of aliphatic hydroxyl groups is 8. The highest BCUT2D eigenvalue weighted by molar-refractivity contribution is 5.26. The first kappa shape index (κ1) is 44.3. The zero-order valence-corrected chi connectivity index (χ0v) is 35.7. The van der Waals surface area contributed by atoms with Gasteiger partial charge >= 0.3 is 0 Å². The largest absolute Gasteiger partial charge is 0.394 e. The Kier molecular flexibility index (Phi) is 12.2. The molecule has 60 heavy (non-hydrogen) atoms. The van der Waals surface area contributed by atoms with Crippen LogP contribution in [0.5, 0.6) is 0 Å². The molecule has 25 atom stereocenters. The zero-order chi connectivity index (χ0) is 42.6. The quantitative estimate of drug-likeness (QED) is 0.159. The Morgan fingerprint density at radius 3 is 2.00 bits per heavy atom. The number of rotatable bonds is 7. The molecule has 9 N–H and O–H groups in total. The second-order valence-corrected chi connectivity index (χ2v) is 20.8. The van der Waals surface area contributed by atoms with Crippen molar-refractivity contribution < 1.29 is 74.0 Å². The highest BCUT2D eigenvalue weighted by atomic mass is 16.8. The first-order valence-corrected chi connectivity index (χ1v) is 22.9. The summed E-state index contributed by atoms with van der Waals surface area (Å²) in [7, 11) is 0. The highest BCUT2D eigenvalue weighted by Gasteiger charge is 2.66. The third kappa shape index (κ3) is 7.37. The summed E-state index contributed by atoms with van der Waals surface area (Å²) in [6.45, 7) is 10.7. The molecule has 0 bridgehead atoms. The van der Waals surface area contributed by atoms with Gasteiger partial charge in [-0.15, -0.1) is 0 Å². The van der Waals surface area contributed by atoms with Crippen molar-refractivity contribution in [3.05, 3.63) is 11.6 Å². The summed E-state index contributed by atoms with van der Waals surface area (Å²) in [5, 5.41) is 89.6. The van der Waals surface area contributed by atoms with Crippen LogP contribution in [0.3, 0.4) is 0 Å². The van der Waals surface area contributed by atoms with Gasteiger partial charge < -0.3 is 74.0 Å². The van der Waals surface area contributed by atoms with Crippen molar-refractivity contribution in [1.82, 2.24) is 5.32 Å². The van der Waals surface area contributed by atoms with Crippen molar-refractivity contribution in [2.45, 2.75) is 209 Å². The molecule has 0 aromatic rings. The predicted molar refractivity (Wildman–Crippen MR) is 210 cm³/mol. The van der Waals surface area contributed by atoms with Crippen molar-refractivity contribution >= 4 is 0 Å². The average Bonchev–Trinajstić information content (AvgIpc) is 3.72. The van der Waals surface area contributed by atoms with Crippen LogP contribution in [-0.2, 0) is 33.2 Å². The molecule has 0 amide bonds. The van der Waals surface area contributed by atoms with E-state index in [1.807, 2.05) is 0 Å².